The third kappa shape index (κ3) is 21.0. The van der Waals surface area contributed by atoms with E-state index < -0.39 is 48.6 Å². The van der Waals surface area contributed by atoms with E-state index in [1.807, 2.05) is 0 Å². The van der Waals surface area contributed by atoms with Crippen LogP contribution in [0.4, 0.5) is 0 Å². The molecule has 1 unspecified atom stereocenters. The van der Waals surface area contributed by atoms with E-state index in [0.29, 0.717) is 12.8 Å². The average molecular weight is 653 g/mol. The number of rotatable bonds is 30. The molecule has 0 saturated carbocycles. The van der Waals surface area contributed by atoms with Crippen molar-refractivity contribution < 1.29 is 38.5 Å². The van der Waals surface area contributed by atoms with Gasteiger partial charge in [-0.2, -0.15) is 0 Å². The second-order valence-corrected chi connectivity index (χ2v) is 14.3. The molecule has 1 N–H and O–H groups in total. The third-order valence-corrected chi connectivity index (χ3v) is 8.91. The zero-order valence-electron chi connectivity index (χ0n) is 29.9. The van der Waals surface area contributed by atoms with Crippen molar-refractivity contribution in [3.63, 3.8) is 0 Å². The Morgan fingerprint density at radius 2 is 0.978 bits per heavy atom. The molecule has 0 amide bonds. The molecule has 0 spiro atoms. The number of ketones is 1. The molecule has 1 rings (SSSR count). The van der Waals surface area contributed by atoms with Crippen LogP contribution in [0.5, 0.6) is 0 Å². The quantitative estimate of drug-likeness (QED) is 0.0354. The molecule has 46 heavy (non-hydrogen) atoms. The van der Waals surface area contributed by atoms with Crippen LogP contribution in [0.3, 0.4) is 0 Å². The van der Waals surface area contributed by atoms with Gasteiger partial charge in [-0.05, 0) is 24.7 Å². The fourth-order valence-corrected chi connectivity index (χ4v) is 6.01. The number of hydrogen-bond acceptors (Lipinski definition) is 8. The average Bonchev–Trinajstić information content (AvgIpc) is 3.28. The number of esters is 3. The van der Waals surface area contributed by atoms with Gasteiger partial charge in [0.05, 0.1) is 6.61 Å². The second kappa shape index (κ2) is 27.0. The summed E-state index contributed by atoms with van der Waals surface area (Å²) in [5.41, 5.74) is 0. The first kappa shape index (κ1) is 42.1. The maximum Gasteiger partial charge on any atom is 0.379 e. The lowest BCUT2D eigenvalue weighted by Crippen LogP contribution is -2.44. The number of hydrogen-bond donors (Lipinski definition) is 1. The van der Waals surface area contributed by atoms with Crippen LogP contribution in [0.25, 0.3) is 0 Å². The number of Topliss-reactive ketones (excluding diaryl/α,β-unsaturated/α-hetero) is 1. The minimum Gasteiger partial charge on any atom is -0.456 e. The Morgan fingerprint density at radius 1 is 0.609 bits per heavy atom. The molecule has 0 aromatic rings. The summed E-state index contributed by atoms with van der Waals surface area (Å²) in [5, 5.41) is 9.86. The first-order valence-electron chi connectivity index (χ1n) is 18.9. The first-order chi connectivity index (χ1) is 22.1. The normalized spacial score (nSPS) is 17.1. The van der Waals surface area contributed by atoms with Crippen molar-refractivity contribution in [3.05, 3.63) is 0 Å². The third-order valence-electron chi connectivity index (χ3n) is 8.91. The van der Waals surface area contributed by atoms with Crippen molar-refractivity contribution in [1.29, 1.82) is 0 Å². The van der Waals surface area contributed by atoms with Crippen molar-refractivity contribution in [2.75, 3.05) is 6.61 Å². The smallest absolute Gasteiger partial charge is 0.379 e. The molecule has 1 heterocycles. The van der Waals surface area contributed by atoms with Gasteiger partial charge in [0.2, 0.25) is 6.10 Å². The largest absolute Gasteiger partial charge is 0.456 e. The van der Waals surface area contributed by atoms with Crippen molar-refractivity contribution in [1.82, 2.24) is 0 Å². The van der Waals surface area contributed by atoms with Gasteiger partial charge >= 0.3 is 17.9 Å². The van der Waals surface area contributed by atoms with Crippen molar-refractivity contribution in [2.24, 2.45) is 11.8 Å². The van der Waals surface area contributed by atoms with E-state index in [9.17, 15) is 24.3 Å². The minimum atomic E-state index is -1.51. The summed E-state index contributed by atoms with van der Waals surface area (Å²) in [6.07, 6.45) is 21.7. The molecule has 0 radical (unpaired) electrons. The maximum absolute atomic E-state index is 12.5. The fraction of sp³-hybridized carbons (Fsp3) is 0.895. The summed E-state index contributed by atoms with van der Waals surface area (Å²) in [5.74, 6) is -1.69. The Balaban J connectivity index is 2.21. The van der Waals surface area contributed by atoms with Gasteiger partial charge in [0.25, 0.3) is 5.78 Å². The van der Waals surface area contributed by atoms with Gasteiger partial charge < -0.3 is 19.3 Å². The molecule has 0 aromatic heterocycles. The highest BCUT2D eigenvalue weighted by Gasteiger charge is 2.51. The molecule has 0 bridgehead atoms. The number of ether oxygens (including phenoxy) is 3. The van der Waals surface area contributed by atoms with E-state index in [1.165, 1.54) is 89.9 Å². The van der Waals surface area contributed by atoms with Crippen LogP contribution >= 0.6 is 0 Å². The highest BCUT2D eigenvalue weighted by molar-refractivity contribution is 6.37. The van der Waals surface area contributed by atoms with Crippen LogP contribution < -0.4 is 0 Å². The Hall–Kier alpha value is -1.96. The van der Waals surface area contributed by atoms with Crippen molar-refractivity contribution in [3.8, 4) is 0 Å². The van der Waals surface area contributed by atoms with Crippen LogP contribution in [0.1, 0.15) is 182 Å². The Morgan fingerprint density at radius 3 is 1.37 bits per heavy atom. The molecular formula is C38H68O8. The Bertz CT molecular complexity index is 824. The predicted octanol–water partition coefficient (Wildman–Crippen LogP) is 8.97. The molecule has 8 heteroatoms. The number of aliphatic hydroxyl groups excluding tert-OH is 1. The molecule has 1 saturated heterocycles. The SMILES string of the molecule is CC(C)CCCCCCCCCCCCC(=O)OC1C(=O)C(=O)O[C@@H]1[C@H](CO)OC(=O)CCCCCCCCCCCCC(C)C. The summed E-state index contributed by atoms with van der Waals surface area (Å²) >= 11 is 0. The van der Waals surface area contributed by atoms with Crippen LogP contribution in [-0.4, -0.2) is 53.7 Å². The summed E-state index contributed by atoms with van der Waals surface area (Å²) in [6, 6.07) is 0. The second-order valence-electron chi connectivity index (χ2n) is 14.3. The predicted molar refractivity (Wildman–Crippen MR) is 182 cm³/mol. The maximum atomic E-state index is 12.5. The summed E-state index contributed by atoms with van der Waals surface area (Å²) in [7, 11) is 0. The van der Waals surface area contributed by atoms with Gasteiger partial charge in [0.1, 0.15) is 0 Å². The van der Waals surface area contributed by atoms with Gasteiger partial charge in [-0.1, -0.05) is 156 Å². The van der Waals surface area contributed by atoms with Gasteiger partial charge in [-0.15, -0.1) is 0 Å². The summed E-state index contributed by atoms with van der Waals surface area (Å²) in [4.78, 5) is 49.3. The van der Waals surface area contributed by atoms with Crippen molar-refractivity contribution in [2.45, 2.75) is 200 Å². The lowest BCUT2D eigenvalue weighted by Gasteiger charge is -2.24. The van der Waals surface area contributed by atoms with E-state index in [-0.39, 0.29) is 12.8 Å². The van der Waals surface area contributed by atoms with Gasteiger partial charge in [-0.25, -0.2) is 4.79 Å². The molecule has 8 nitrogen and oxygen atoms in total. The Labute approximate surface area is 280 Å². The monoisotopic (exact) mass is 652 g/mol. The number of carbonyl (C=O) groups is 4. The zero-order valence-corrected chi connectivity index (χ0v) is 29.9. The molecular weight excluding hydrogens is 584 g/mol. The number of aliphatic hydroxyl groups is 1. The number of cyclic esters (lactones) is 1. The highest BCUT2D eigenvalue weighted by Crippen LogP contribution is 2.23. The van der Waals surface area contributed by atoms with E-state index in [4.69, 9.17) is 14.2 Å². The van der Waals surface area contributed by atoms with Gasteiger partial charge in [0.15, 0.2) is 12.2 Å². The van der Waals surface area contributed by atoms with Crippen molar-refractivity contribution >= 4 is 23.7 Å². The van der Waals surface area contributed by atoms with Crippen LogP contribution in [0, 0.1) is 11.8 Å². The van der Waals surface area contributed by atoms with Gasteiger partial charge in [0, 0.05) is 12.8 Å². The standard InChI is InChI=1S/C38H68O8/c1-30(2)25-21-17-13-9-5-7-11-15-19-23-27-33(40)44-32(29-39)36-37(35(42)38(43)46-36)45-34(41)28-24-20-16-12-8-6-10-14-18-22-26-31(3)4/h30-32,36-37,39H,5-29H2,1-4H3/t32-,36+,37?/m0/s1. The number of carbonyl (C=O) groups excluding carboxylic acids is 4. The highest BCUT2D eigenvalue weighted by atomic mass is 16.6. The fourth-order valence-electron chi connectivity index (χ4n) is 6.01. The molecule has 1 aliphatic rings. The van der Waals surface area contributed by atoms with E-state index in [2.05, 4.69) is 27.7 Å². The minimum absolute atomic E-state index is 0.127. The summed E-state index contributed by atoms with van der Waals surface area (Å²) in [6.45, 7) is 8.44. The first-order valence-corrected chi connectivity index (χ1v) is 18.9. The topological polar surface area (TPSA) is 116 Å². The molecule has 3 atom stereocenters. The van der Waals surface area contributed by atoms with E-state index in [1.54, 1.807) is 0 Å². The van der Waals surface area contributed by atoms with E-state index >= 15 is 0 Å². The van der Waals surface area contributed by atoms with E-state index in [0.717, 1.165) is 50.4 Å². The lowest BCUT2D eigenvalue weighted by molar-refractivity contribution is -0.173. The van der Waals surface area contributed by atoms with Crippen LogP contribution in [-0.2, 0) is 33.4 Å². The molecule has 268 valence electrons. The lowest BCUT2D eigenvalue weighted by atomic mass is 10.0. The molecule has 0 aromatic carbocycles. The zero-order chi connectivity index (χ0) is 34.0. The molecule has 1 fully saturated rings. The summed E-state index contributed by atoms with van der Waals surface area (Å²) < 4.78 is 15.8. The number of unbranched alkanes of at least 4 members (excludes halogenated alkanes) is 18. The Kier molecular flexibility index (Phi) is 24.7. The van der Waals surface area contributed by atoms with Crippen LogP contribution in [0.2, 0.25) is 0 Å². The van der Waals surface area contributed by atoms with Gasteiger partial charge in [-0.3, -0.25) is 14.4 Å². The molecule has 1 aliphatic heterocycles. The van der Waals surface area contributed by atoms with Crippen LogP contribution in [0.15, 0.2) is 0 Å². The molecule has 0 aliphatic carbocycles.